The second kappa shape index (κ2) is 4.97. The zero-order valence-corrected chi connectivity index (χ0v) is 11.5. The van der Waals surface area contributed by atoms with Crippen molar-refractivity contribution in [1.82, 2.24) is 10.1 Å². The van der Waals surface area contributed by atoms with Crippen LogP contribution in [0, 0.1) is 0 Å². The van der Waals surface area contributed by atoms with Gasteiger partial charge in [0.25, 0.3) is 0 Å². The second-order valence-electron chi connectivity index (χ2n) is 5.32. The minimum Gasteiger partial charge on any atom is -0.367 e. The summed E-state index contributed by atoms with van der Waals surface area (Å²) in [7, 11) is 0. The molecule has 0 spiro atoms. The molecule has 1 atom stereocenters. The van der Waals surface area contributed by atoms with Crippen molar-refractivity contribution in [3.8, 4) is 0 Å². The van der Waals surface area contributed by atoms with E-state index in [9.17, 15) is 0 Å². The van der Waals surface area contributed by atoms with Crippen LogP contribution in [0.5, 0.6) is 0 Å². The van der Waals surface area contributed by atoms with Gasteiger partial charge in [0.1, 0.15) is 5.60 Å². The fourth-order valence-corrected chi connectivity index (χ4v) is 2.30. The highest BCUT2D eigenvalue weighted by Crippen LogP contribution is 2.34. The Morgan fingerprint density at radius 1 is 1.33 bits per heavy atom. The number of nitrogens with two attached hydrogens (primary N) is 1. The van der Waals surface area contributed by atoms with Gasteiger partial charge < -0.3 is 15.0 Å². The number of aromatic nitrogens is 2. The van der Waals surface area contributed by atoms with Crippen LogP contribution in [0.15, 0.2) is 4.52 Å². The SMILES string of the molecule is CCC(N)(CC)c1nc(C2(C)CCCCO2)no1. The molecule has 1 fully saturated rings. The largest absolute Gasteiger partial charge is 0.367 e. The molecule has 102 valence electrons. The molecule has 1 aliphatic heterocycles. The van der Waals surface area contributed by atoms with Gasteiger partial charge in [-0.15, -0.1) is 0 Å². The second-order valence-corrected chi connectivity index (χ2v) is 5.32. The van der Waals surface area contributed by atoms with Gasteiger partial charge in [-0.3, -0.25) is 0 Å². The Kier molecular flexibility index (Phi) is 3.73. The lowest BCUT2D eigenvalue weighted by molar-refractivity contribution is -0.0770. The third-order valence-electron chi connectivity index (χ3n) is 4.06. The number of ether oxygens (including phenoxy) is 1. The van der Waals surface area contributed by atoms with E-state index < -0.39 is 11.1 Å². The standard InChI is InChI=1S/C13H23N3O2/c1-4-13(14,5-2)11-15-10(16-18-11)12(3)8-6-7-9-17-12/h4-9,14H2,1-3H3. The molecule has 1 unspecified atom stereocenters. The van der Waals surface area contributed by atoms with Crippen LogP contribution in [-0.2, 0) is 15.9 Å². The van der Waals surface area contributed by atoms with Crippen molar-refractivity contribution < 1.29 is 9.26 Å². The molecule has 5 nitrogen and oxygen atoms in total. The topological polar surface area (TPSA) is 74.2 Å². The fraction of sp³-hybridized carbons (Fsp3) is 0.846. The van der Waals surface area contributed by atoms with Crippen molar-refractivity contribution >= 4 is 0 Å². The quantitative estimate of drug-likeness (QED) is 0.892. The van der Waals surface area contributed by atoms with E-state index in [-0.39, 0.29) is 0 Å². The first kappa shape index (κ1) is 13.5. The van der Waals surface area contributed by atoms with Crippen LogP contribution < -0.4 is 5.73 Å². The number of hydrogen-bond acceptors (Lipinski definition) is 5. The molecule has 2 heterocycles. The number of hydrogen-bond donors (Lipinski definition) is 1. The molecule has 1 aliphatic rings. The van der Waals surface area contributed by atoms with Crippen molar-refractivity contribution in [3.05, 3.63) is 11.7 Å². The van der Waals surface area contributed by atoms with E-state index in [2.05, 4.69) is 10.1 Å². The maximum Gasteiger partial charge on any atom is 0.246 e. The Morgan fingerprint density at radius 2 is 2.06 bits per heavy atom. The number of rotatable bonds is 4. The highest BCUT2D eigenvalue weighted by molar-refractivity contribution is 5.06. The van der Waals surface area contributed by atoms with Crippen molar-refractivity contribution in [2.45, 2.75) is 64.0 Å². The Bertz CT molecular complexity index is 393. The fourth-order valence-electron chi connectivity index (χ4n) is 2.30. The van der Waals surface area contributed by atoms with Crippen LogP contribution in [0.2, 0.25) is 0 Å². The Hall–Kier alpha value is -0.940. The Labute approximate surface area is 108 Å². The van der Waals surface area contributed by atoms with Crippen LogP contribution in [-0.4, -0.2) is 16.7 Å². The first-order chi connectivity index (χ1) is 8.54. The van der Waals surface area contributed by atoms with Gasteiger partial charge in [0.05, 0.1) is 5.54 Å². The van der Waals surface area contributed by atoms with E-state index in [1.165, 1.54) is 0 Å². The van der Waals surface area contributed by atoms with Gasteiger partial charge in [-0.1, -0.05) is 19.0 Å². The predicted molar refractivity (Wildman–Crippen MR) is 67.9 cm³/mol. The normalized spacial score (nSPS) is 25.3. The molecule has 0 radical (unpaired) electrons. The summed E-state index contributed by atoms with van der Waals surface area (Å²) in [6.07, 6.45) is 4.73. The molecule has 18 heavy (non-hydrogen) atoms. The molecule has 2 rings (SSSR count). The molecule has 5 heteroatoms. The third-order valence-corrected chi connectivity index (χ3v) is 4.06. The van der Waals surface area contributed by atoms with Crippen LogP contribution >= 0.6 is 0 Å². The monoisotopic (exact) mass is 253 g/mol. The first-order valence-electron chi connectivity index (χ1n) is 6.81. The lowest BCUT2D eigenvalue weighted by Crippen LogP contribution is -2.36. The smallest absolute Gasteiger partial charge is 0.246 e. The molecule has 0 saturated carbocycles. The van der Waals surface area contributed by atoms with Crippen LogP contribution in [0.4, 0.5) is 0 Å². The van der Waals surface area contributed by atoms with Gasteiger partial charge in [0.2, 0.25) is 11.7 Å². The van der Waals surface area contributed by atoms with Gasteiger partial charge in [-0.25, -0.2) is 0 Å². The summed E-state index contributed by atoms with van der Waals surface area (Å²) >= 11 is 0. The summed E-state index contributed by atoms with van der Waals surface area (Å²) in [6, 6.07) is 0. The minimum absolute atomic E-state index is 0.414. The molecule has 1 saturated heterocycles. The van der Waals surface area contributed by atoms with E-state index in [1.54, 1.807) is 0 Å². The molecule has 2 N–H and O–H groups in total. The highest BCUT2D eigenvalue weighted by Gasteiger charge is 2.38. The third kappa shape index (κ3) is 2.29. The van der Waals surface area contributed by atoms with Gasteiger partial charge in [0.15, 0.2) is 0 Å². The molecule has 0 aromatic carbocycles. The summed E-state index contributed by atoms with van der Waals surface area (Å²) in [5, 5.41) is 4.08. The van der Waals surface area contributed by atoms with Crippen molar-refractivity contribution in [1.29, 1.82) is 0 Å². The van der Waals surface area contributed by atoms with Crippen LogP contribution in [0.3, 0.4) is 0 Å². The Morgan fingerprint density at radius 3 is 2.61 bits per heavy atom. The van der Waals surface area contributed by atoms with E-state index in [4.69, 9.17) is 15.0 Å². The summed E-state index contributed by atoms with van der Waals surface area (Å²) in [5.74, 6) is 1.16. The van der Waals surface area contributed by atoms with E-state index in [0.717, 1.165) is 38.7 Å². The minimum atomic E-state index is -0.518. The summed E-state index contributed by atoms with van der Waals surface area (Å²) in [5.41, 5.74) is 5.33. The van der Waals surface area contributed by atoms with Gasteiger partial charge >= 0.3 is 0 Å². The number of nitrogens with zero attached hydrogens (tertiary/aromatic N) is 2. The van der Waals surface area contributed by atoms with Gasteiger partial charge in [0, 0.05) is 6.61 Å². The lowest BCUT2D eigenvalue weighted by Gasteiger charge is -2.30. The van der Waals surface area contributed by atoms with Crippen LogP contribution in [0.25, 0.3) is 0 Å². The zero-order chi connectivity index (χ0) is 13.2. The van der Waals surface area contributed by atoms with Crippen molar-refractivity contribution in [2.75, 3.05) is 6.61 Å². The average Bonchev–Trinajstić information content (AvgIpc) is 2.89. The average molecular weight is 253 g/mol. The molecule has 0 aliphatic carbocycles. The molecule has 1 aromatic rings. The first-order valence-corrected chi connectivity index (χ1v) is 6.81. The molecular weight excluding hydrogens is 230 g/mol. The summed E-state index contributed by atoms with van der Waals surface area (Å²) < 4.78 is 11.2. The van der Waals surface area contributed by atoms with E-state index in [1.807, 2.05) is 20.8 Å². The maximum absolute atomic E-state index is 6.27. The van der Waals surface area contributed by atoms with Crippen LogP contribution in [0.1, 0.15) is 64.6 Å². The summed E-state index contributed by atoms with van der Waals surface area (Å²) in [4.78, 5) is 4.49. The zero-order valence-electron chi connectivity index (χ0n) is 11.5. The predicted octanol–water partition coefficient (Wildman–Crippen LogP) is 2.46. The molecule has 0 amide bonds. The highest BCUT2D eigenvalue weighted by atomic mass is 16.5. The molecule has 0 bridgehead atoms. The molecular formula is C13H23N3O2. The maximum atomic E-state index is 6.27. The van der Waals surface area contributed by atoms with E-state index in [0.29, 0.717) is 11.7 Å². The summed E-state index contributed by atoms with van der Waals surface area (Å²) in [6.45, 7) is 6.85. The molecule has 1 aromatic heterocycles. The van der Waals surface area contributed by atoms with Crippen molar-refractivity contribution in [3.63, 3.8) is 0 Å². The van der Waals surface area contributed by atoms with Gasteiger partial charge in [-0.05, 0) is 39.0 Å². The Balaban J connectivity index is 2.24. The van der Waals surface area contributed by atoms with Crippen molar-refractivity contribution in [2.24, 2.45) is 5.73 Å². The van der Waals surface area contributed by atoms with Gasteiger partial charge in [-0.2, -0.15) is 4.98 Å². The lowest BCUT2D eigenvalue weighted by atomic mass is 9.93. The van der Waals surface area contributed by atoms with E-state index >= 15 is 0 Å².